The summed E-state index contributed by atoms with van der Waals surface area (Å²) in [5.74, 6) is 0. The maximum Gasteiger partial charge on any atom is 0.269 e. The van der Waals surface area contributed by atoms with E-state index >= 15 is 0 Å². The third-order valence-corrected chi connectivity index (χ3v) is 2.56. The molecular weight excluding hydrogens is 279 g/mol. The smallest absolute Gasteiger partial charge is 0.269 e. The number of aromatic amines is 1. The Morgan fingerprint density at radius 3 is 2.67 bits per heavy atom. The molecule has 66 valence electrons. The number of hydrogen-bond donors (Lipinski definition) is 1. The quantitative estimate of drug-likeness (QED) is 0.623. The molecule has 0 saturated heterocycles. The Morgan fingerprint density at radius 2 is 2.17 bits per heavy atom. The van der Waals surface area contributed by atoms with Crippen LogP contribution in [0, 0.1) is 10.6 Å². The van der Waals surface area contributed by atoms with Gasteiger partial charge in [0.2, 0.25) is 0 Å². The molecule has 1 aromatic heterocycles. The minimum absolute atomic E-state index is 0.465. The van der Waals surface area contributed by atoms with Crippen LogP contribution in [0.25, 0.3) is 0 Å². The molecule has 0 unspecified atom stereocenters. The average Bonchev–Trinajstić information content (AvgIpc) is 1.96. The van der Waals surface area contributed by atoms with Crippen molar-refractivity contribution in [2.24, 2.45) is 0 Å². The van der Waals surface area contributed by atoms with Gasteiger partial charge in [0.25, 0.3) is 12.0 Å². The van der Waals surface area contributed by atoms with Gasteiger partial charge in [0, 0.05) is 0 Å². The van der Waals surface area contributed by atoms with E-state index in [1.54, 1.807) is 6.92 Å². The van der Waals surface area contributed by atoms with Crippen LogP contribution in [0.15, 0.2) is 10.9 Å². The van der Waals surface area contributed by atoms with Gasteiger partial charge in [-0.2, -0.15) is 0 Å². The van der Waals surface area contributed by atoms with Crippen LogP contribution >= 0.6 is 22.6 Å². The van der Waals surface area contributed by atoms with Crippen LogP contribution in [-0.4, -0.2) is 4.98 Å². The van der Waals surface area contributed by atoms with Crippen molar-refractivity contribution < 1.29 is 8.78 Å². The zero-order valence-corrected chi connectivity index (χ0v) is 8.35. The van der Waals surface area contributed by atoms with Gasteiger partial charge in [0.1, 0.15) is 0 Å². The van der Waals surface area contributed by atoms with Crippen molar-refractivity contribution in [2.75, 3.05) is 0 Å². The van der Waals surface area contributed by atoms with E-state index in [9.17, 15) is 13.6 Å². The molecule has 0 amide bonds. The van der Waals surface area contributed by atoms with E-state index in [1.165, 1.54) is 6.07 Å². The van der Waals surface area contributed by atoms with Crippen LogP contribution in [-0.2, 0) is 0 Å². The lowest BCUT2D eigenvalue weighted by Gasteiger charge is -2.01. The van der Waals surface area contributed by atoms with Crippen molar-refractivity contribution in [3.05, 3.63) is 31.2 Å². The predicted octanol–water partition coefficient (Wildman–Crippen LogP) is 2.23. The summed E-state index contributed by atoms with van der Waals surface area (Å²) in [4.78, 5) is 13.2. The van der Waals surface area contributed by atoms with Crippen LogP contribution in [0.4, 0.5) is 8.78 Å². The van der Waals surface area contributed by atoms with E-state index in [0.29, 0.717) is 9.26 Å². The van der Waals surface area contributed by atoms with E-state index < -0.39 is 17.5 Å². The van der Waals surface area contributed by atoms with Crippen molar-refractivity contribution in [3.8, 4) is 0 Å². The maximum absolute atomic E-state index is 12.1. The zero-order valence-electron chi connectivity index (χ0n) is 6.20. The first kappa shape index (κ1) is 9.63. The summed E-state index contributed by atoms with van der Waals surface area (Å²) >= 11 is 1.89. The van der Waals surface area contributed by atoms with Gasteiger partial charge in [0.05, 0.1) is 9.26 Å². The molecule has 1 rings (SSSR count). The summed E-state index contributed by atoms with van der Waals surface area (Å²) in [6, 6.07) is 1.21. The lowest BCUT2D eigenvalue weighted by molar-refractivity contribution is 0.149. The lowest BCUT2D eigenvalue weighted by atomic mass is 10.2. The summed E-state index contributed by atoms with van der Waals surface area (Å²) in [7, 11) is 0. The summed E-state index contributed by atoms with van der Waals surface area (Å²) in [6.07, 6.45) is -2.70. The maximum atomic E-state index is 12.1. The van der Waals surface area contributed by atoms with Crippen LogP contribution in [0.5, 0.6) is 0 Å². The van der Waals surface area contributed by atoms with E-state index in [-0.39, 0.29) is 0 Å². The van der Waals surface area contributed by atoms with Gasteiger partial charge in [-0.05, 0) is 41.1 Å². The Bertz CT molecular complexity index is 348. The Kier molecular flexibility index (Phi) is 2.81. The topological polar surface area (TPSA) is 32.9 Å². The fraction of sp³-hybridized carbons (Fsp3) is 0.286. The normalized spacial score (nSPS) is 10.8. The molecule has 0 bridgehead atoms. The highest BCUT2D eigenvalue weighted by Gasteiger charge is 2.12. The highest BCUT2D eigenvalue weighted by atomic mass is 127. The Morgan fingerprint density at radius 1 is 1.58 bits per heavy atom. The summed E-state index contributed by atoms with van der Waals surface area (Å²) in [5, 5.41) is 0. The van der Waals surface area contributed by atoms with Crippen LogP contribution in [0.3, 0.4) is 0 Å². The number of aromatic nitrogens is 1. The number of rotatable bonds is 1. The standard InChI is InChI=1S/C7H6F2INO/c1-3-2-4(5(8)9)7(12)11-6(3)10/h2,5H,1H3,(H,11,12). The monoisotopic (exact) mass is 285 g/mol. The molecule has 0 aliphatic rings. The van der Waals surface area contributed by atoms with Crippen molar-refractivity contribution in [3.63, 3.8) is 0 Å². The second-order valence-corrected chi connectivity index (χ2v) is 3.43. The van der Waals surface area contributed by atoms with Gasteiger partial charge in [-0.15, -0.1) is 0 Å². The van der Waals surface area contributed by atoms with E-state index in [2.05, 4.69) is 4.98 Å². The molecular formula is C7H6F2INO. The SMILES string of the molecule is Cc1cc(C(F)F)c(=O)[nH]c1I. The summed E-state index contributed by atoms with van der Waals surface area (Å²) in [5.41, 5.74) is -0.515. The number of hydrogen-bond acceptors (Lipinski definition) is 1. The minimum atomic E-state index is -2.70. The number of pyridine rings is 1. The van der Waals surface area contributed by atoms with E-state index in [4.69, 9.17) is 0 Å². The second kappa shape index (κ2) is 3.51. The van der Waals surface area contributed by atoms with Crippen molar-refractivity contribution in [1.29, 1.82) is 0 Å². The van der Waals surface area contributed by atoms with E-state index in [1.807, 2.05) is 22.6 Å². The number of halogens is 3. The van der Waals surface area contributed by atoms with Crippen molar-refractivity contribution in [1.82, 2.24) is 4.98 Å². The van der Waals surface area contributed by atoms with Crippen LogP contribution in [0.1, 0.15) is 17.6 Å². The highest BCUT2D eigenvalue weighted by Crippen LogP contribution is 2.16. The Balaban J connectivity index is 3.33. The molecule has 12 heavy (non-hydrogen) atoms. The van der Waals surface area contributed by atoms with Gasteiger partial charge < -0.3 is 4.98 Å². The summed E-state index contributed by atoms with van der Waals surface area (Å²) < 4.78 is 24.8. The fourth-order valence-corrected chi connectivity index (χ4v) is 1.20. The fourth-order valence-electron chi connectivity index (χ4n) is 0.795. The first-order valence-corrected chi connectivity index (χ1v) is 4.27. The third-order valence-electron chi connectivity index (χ3n) is 1.44. The molecule has 1 aromatic rings. The number of alkyl halides is 2. The number of aryl methyl sites for hydroxylation is 1. The van der Waals surface area contributed by atoms with Crippen molar-refractivity contribution in [2.45, 2.75) is 13.3 Å². The molecule has 0 fully saturated rings. The minimum Gasteiger partial charge on any atom is -0.317 e. The molecule has 0 saturated carbocycles. The number of H-pyrrole nitrogens is 1. The molecule has 0 spiro atoms. The van der Waals surface area contributed by atoms with Gasteiger partial charge in [-0.1, -0.05) is 0 Å². The van der Waals surface area contributed by atoms with Gasteiger partial charge >= 0.3 is 0 Å². The first-order chi connectivity index (χ1) is 5.52. The molecule has 0 atom stereocenters. The molecule has 0 aromatic carbocycles. The first-order valence-electron chi connectivity index (χ1n) is 3.20. The van der Waals surface area contributed by atoms with Gasteiger partial charge in [-0.3, -0.25) is 4.79 Å². The van der Waals surface area contributed by atoms with Gasteiger partial charge in [-0.25, -0.2) is 8.78 Å². The Labute approximate surface area is 81.1 Å². The summed E-state index contributed by atoms with van der Waals surface area (Å²) in [6.45, 7) is 1.67. The van der Waals surface area contributed by atoms with Gasteiger partial charge in [0.15, 0.2) is 0 Å². The molecule has 1 N–H and O–H groups in total. The molecule has 2 nitrogen and oxygen atoms in total. The molecule has 5 heteroatoms. The van der Waals surface area contributed by atoms with Crippen LogP contribution in [0.2, 0.25) is 0 Å². The number of nitrogens with one attached hydrogen (secondary N) is 1. The Hall–Kier alpha value is -0.460. The lowest BCUT2D eigenvalue weighted by Crippen LogP contribution is -2.14. The molecule has 0 aliphatic carbocycles. The van der Waals surface area contributed by atoms with Crippen molar-refractivity contribution >= 4 is 22.6 Å². The molecule has 0 radical (unpaired) electrons. The molecule has 0 aliphatic heterocycles. The predicted molar refractivity (Wildman–Crippen MR) is 49.5 cm³/mol. The van der Waals surface area contributed by atoms with E-state index in [0.717, 1.165) is 0 Å². The highest BCUT2D eigenvalue weighted by molar-refractivity contribution is 14.1. The second-order valence-electron chi connectivity index (χ2n) is 2.35. The largest absolute Gasteiger partial charge is 0.317 e. The molecule has 1 heterocycles. The van der Waals surface area contributed by atoms with Crippen LogP contribution < -0.4 is 5.56 Å². The average molecular weight is 285 g/mol. The third kappa shape index (κ3) is 1.82. The zero-order chi connectivity index (χ0) is 9.30.